The first-order valence-electron chi connectivity index (χ1n) is 8.67. The molecular weight excluding hydrogens is 246 g/mol. The van der Waals surface area contributed by atoms with Gasteiger partial charge in [-0.15, -0.1) is 0 Å². The van der Waals surface area contributed by atoms with E-state index in [0.29, 0.717) is 11.3 Å². The summed E-state index contributed by atoms with van der Waals surface area (Å²) in [6.07, 6.45) is 4.75. The normalized spacial score (nSPS) is 36.8. The molecule has 1 aliphatic carbocycles. The molecule has 1 saturated carbocycles. The van der Waals surface area contributed by atoms with Crippen LogP contribution >= 0.6 is 0 Å². The largest absolute Gasteiger partial charge is 0.393 e. The number of nitrogens with zero attached hydrogens (tertiary/aromatic N) is 1. The quantitative estimate of drug-likeness (QED) is 0.851. The number of likely N-dealkylation sites (tertiary alicyclic amines) is 1. The number of aliphatic hydroxyl groups excluding tert-OH is 1. The summed E-state index contributed by atoms with van der Waals surface area (Å²) in [4.78, 5) is 2.62. The van der Waals surface area contributed by atoms with Crippen molar-refractivity contribution in [3.05, 3.63) is 0 Å². The first-order valence-corrected chi connectivity index (χ1v) is 8.67. The smallest absolute Gasteiger partial charge is 0.0580 e. The molecule has 118 valence electrons. The minimum atomic E-state index is -0.0568. The SMILES string of the molecule is CC(C)C1CCC(O)C(CN2CCC(C(C)(C)C)C2)C1. The molecule has 4 unspecified atom stereocenters. The summed E-state index contributed by atoms with van der Waals surface area (Å²) in [7, 11) is 0. The molecule has 2 heteroatoms. The van der Waals surface area contributed by atoms with E-state index in [4.69, 9.17) is 0 Å². The van der Waals surface area contributed by atoms with Gasteiger partial charge in [0.1, 0.15) is 0 Å². The summed E-state index contributed by atoms with van der Waals surface area (Å²) in [6, 6.07) is 0. The van der Waals surface area contributed by atoms with E-state index in [1.54, 1.807) is 0 Å². The second kappa shape index (κ2) is 6.36. The van der Waals surface area contributed by atoms with Gasteiger partial charge in [-0.05, 0) is 61.3 Å². The Hall–Kier alpha value is -0.0800. The Morgan fingerprint density at radius 2 is 1.85 bits per heavy atom. The van der Waals surface area contributed by atoms with E-state index in [-0.39, 0.29) is 6.10 Å². The molecule has 0 radical (unpaired) electrons. The van der Waals surface area contributed by atoms with Gasteiger partial charge in [0.25, 0.3) is 0 Å². The molecule has 1 aliphatic heterocycles. The highest BCUT2D eigenvalue weighted by Gasteiger charge is 2.36. The predicted octanol–water partition coefficient (Wildman–Crippen LogP) is 3.79. The van der Waals surface area contributed by atoms with E-state index in [9.17, 15) is 5.11 Å². The first kappa shape index (κ1) is 16.3. The molecule has 0 aromatic carbocycles. The van der Waals surface area contributed by atoms with E-state index in [2.05, 4.69) is 39.5 Å². The molecule has 0 aromatic heterocycles. The molecule has 20 heavy (non-hydrogen) atoms. The molecule has 2 aliphatic rings. The van der Waals surface area contributed by atoms with Crippen LogP contribution in [0.1, 0.15) is 60.3 Å². The topological polar surface area (TPSA) is 23.5 Å². The van der Waals surface area contributed by atoms with E-state index >= 15 is 0 Å². The van der Waals surface area contributed by atoms with Gasteiger partial charge < -0.3 is 10.0 Å². The lowest BCUT2D eigenvalue weighted by atomic mass is 9.74. The van der Waals surface area contributed by atoms with Crippen LogP contribution in [0.2, 0.25) is 0 Å². The third kappa shape index (κ3) is 3.98. The van der Waals surface area contributed by atoms with Crippen LogP contribution in [0.5, 0.6) is 0 Å². The average Bonchev–Trinajstić information content (AvgIpc) is 2.80. The fourth-order valence-electron chi connectivity index (χ4n) is 4.12. The van der Waals surface area contributed by atoms with Crippen LogP contribution < -0.4 is 0 Å². The number of hydrogen-bond donors (Lipinski definition) is 1. The zero-order valence-corrected chi connectivity index (χ0v) is 14.2. The monoisotopic (exact) mass is 281 g/mol. The van der Waals surface area contributed by atoms with Crippen molar-refractivity contribution < 1.29 is 5.11 Å². The second-order valence-corrected chi connectivity index (χ2v) is 8.76. The average molecular weight is 281 g/mol. The predicted molar refractivity (Wildman–Crippen MR) is 85.7 cm³/mol. The van der Waals surface area contributed by atoms with Crippen molar-refractivity contribution in [1.82, 2.24) is 4.90 Å². The highest BCUT2D eigenvalue weighted by Crippen LogP contribution is 2.37. The minimum Gasteiger partial charge on any atom is -0.393 e. The maximum absolute atomic E-state index is 10.3. The third-order valence-corrected chi connectivity index (χ3v) is 5.92. The lowest BCUT2D eigenvalue weighted by molar-refractivity contribution is 0.0208. The van der Waals surface area contributed by atoms with Crippen LogP contribution in [0, 0.1) is 29.1 Å². The van der Waals surface area contributed by atoms with Crippen LogP contribution in [-0.2, 0) is 0 Å². The molecule has 1 N–H and O–H groups in total. The Kier molecular flexibility index (Phi) is 5.18. The second-order valence-electron chi connectivity index (χ2n) is 8.76. The maximum atomic E-state index is 10.3. The Morgan fingerprint density at radius 3 is 2.40 bits per heavy atom. The molecular formula is C18H35NO. The summed E-state index contributed by atoms with van der Waals surface area (Å²) < 4.78 is 0. The lowest BCUT2D eigenvalue weighted by Crippen LogP contribution is -2.39. The molecule has 0 amide bonds. The Labute approximate surface area is 125 Å². The summed E-state index contributed by atoms with van der Waals surface area (Å²) in [5.74, 6) is 2.93. The lowest BCUT2D eigenvalue weighted by Gasteiger charge is -2.37. The zero-order chi connectivity index (χ0) is 14.9. The van der Waals surface area contributed by atoms with Gasteiger partial charge in [0.15, 0.2) is 0 Å². The molecule has 1 saturated heterocycles. The van der Waals surface area contributed by atoms with Gasteiger partial charge in [0.2, 0.25) is 0 Å². The number of rotatable bonds is 3. The molecule has 0 aromatic rings. The number of aliphatic hydroxyl groups is 1. The van der Waals surface area contributed by atoms with Gasteiger partial charge in [-0.2, -0.15) is 0 Å². The molecule has 1 heterocycles. The van der Waals surface area contributed by atoms with Crippen LogP contribution in [0.3, 0.4) is 0 Å². The van der Waals surface area contributed by atoms with E-state index in [0.717, 1.165) is 30.7 Å². The maximum Gasteiger partial charge on any atom is 0.0580 e. The summed E-state index contributed by atoms with van der Waals surface area (Å²) in [5.41, 5.74) is 0.431. The van der Waals surface area contributed by atoms with E-state index in [1.165, 1.54) is 32.4 Å². The Balaban J connectivity index is 1.86. The molecule has 2 nitrogen and oxygen atoms in total. The number of hydrogen-bond acceptors (Lipinski definition) is 2. The first-order chi connectivity index (χ1) is 9.27. The van der Waals surface area contributed by atoms with Crippen LogP contribution in [0.25, 0.3) is 0 Å². The van der Waals surface area contributed by atoms with Gasteiger partial charge in [-0.1, -0.05) is 34.6 Å². The zero-order valence-electron chi connectivity index (χ0n) is 14.2. The van der Waals surface area contributed by atoms with Crippen molar-refractivity contribution in [3.63, 3.8) is 0 Å². The molecule has 0 bridgehead atoms. The standard InChI is InChI=1S/C18H35NO/c1-13(2)14-6-7-17(20)15(10-14)11-19-9-8-16(12-19)18(3,4)5/h13-17,20H,6-12H2,1-5H3. The molecule has 4 atom stereocenters. The molecule has 2 fully saturated rings. The Morgan fingerprint density at radius 1 is 1.15 bits per heavy atom. The van der Waals surface area contributed by atoms with E-state index in [1.807, 2.05) is 0 Å². The van der Waals surface area contributed by atoms with Crippen molar-refractivity contribution in [2.45, 2.75) is 66.4 Å². The highest BCUT2D eigenvalue weighted by molar-refractivity contribution is 4.88. The van der Waals surface area contributed by atoms with Crippen molar-refractivity contribution in [1.29, 1.82) is 0 Å². The van der Waals surface area contributed by atoms with Gasteiger partial charge in [-0.3, -0.25) is 0 Å². The van der Waals surface area contributed by atoms with Crippen LogP contribution in [0.4, 0.5) is 0 Å². The van der Waals surface area contributed by atoms with Gasteiger partial charge in [0.05, 0.1) is 6.10 Å². The van der Waals surface area contributed by atoms with Gasteiger partial charge in [0, 0.05) is 13.1 Å². The van der Waals surface area contributed by atoms with Gasteiger partial charge in [-0.25, -0.2) is 0 Å². The van der Waals surface area contributed by atoms with E-state index < -0.39 is 0 Å². The fourth-order valence-corrected chi connectivity index (χ4v) is 4.12. The summed E-state index contributed by atoms with van der Waals surface area (Å²) in [6.45, 7) is 15.4. The van der Waals surface area contributed by atoms with Crippen LogP contribution in [-0.4, -0.2) is 35.7 Å². The molecule has 0 spiro atoms. The van der Waals surface area contributed by atoms with Crippen molar-refractivity contribution in [3.8, 4) is 0 Å². The fraction of sp³-hybridized carbons (Fsp3) is 1.00. The van der Waals surface area contributed by atoms with Gasteiger partial charge >= 0.3 is 0 Å². The summed E-state index contributed by atoms with van der Waals surface area (Å²) in [5, 5.41) is 10.3. The third-order valence-electron chi connectivity index (χ3n) is 5.92. The van der Waals surface area contributed by atoms with Crippen LogP contribution in [0.15, 0.2) is 0 Å². The minimum absolute atomic E-state index is 0.0568. The Bertz CT molecular complexity index is 307. The highest BCUT2D eigenvalue weighted by atomic mass is 16.3. The van der Waals surface area contributed by atoms with Crippen molar-refractivity contribution >= 4 is 0 Å². The molecule has 2 rings (SSSR count). The van der Waals surface area contributed by atoms with Crippen molar-refractivity contribution in [2.75, 3.05) is 19.6 Å². The van der Waals surface area contributed by atoms with Crippen molar-refractivity contribution in [2.24, 2.45) is 29.1 Å². The summed E-state index contributed by atoms with van der Waals surface area (Å²) >= 11 is 0.